The zero-order chi connectivity index (χ0) is 17.9. The standard InChI is InChI=1S/C21H40O3/c1-3-20(22)18-16-14-12-10-8-6-4-5-7-9-11-13-15-17-19-21(23)24-2/h3-19H2,1-2H3. The molecule has 0 aromatic heterocycles. The second-order valence-electron chi connectivity index (χ2n) is 6.92. The number of hydrogen-bond donors (Lipinski definition) is 0. The number of ketones is 1. The molecule has 0 aliphatic heterocycles. The first-order chi connectivity index (χ1) is 11.7. The predicted molar refractivity (Wildman–Crippen MR) is 101 cm³/mol. The Bertz CT molecular complexity index is 269. The van der Waals surface area contributed by atoms with Crippen LogP contribution in [0.4, 0.5) is 0 Å². The summed E-state index contributed by atoms with van der Waals surface area (Å²) in [6, 6.07) is 0. The number of unbranched alkanes of at least 4 members (excludes halogenated alkanes) is 13. The summed E-state index contributed by atoms with van der Waals surface area (Å²) in [5.41, 5.74) is 0. The number of Topliss-reactive ketones (excluding diaryl/α,β-unsaturated/α-hetero) is 1. The third kappa shape index (κ3) is 17.5. The maximum atomic E-state index is 11.2. The van der Waals surface area contributed by atoms with Gasteiger partial charge in [-0.2, -0.15) is 0 Å². The first-order valence-electron chi connectivity index (χ1n) is 10.3. The van der Waals surface area contributed by atoms with Crippen LogP contribution in [0.5, 0.6) is 0 Å². The molecule has 0 aromatic carbocycles. The largest absolute Gasteiger partial charge is 0.469 e. The Morgan fingerprint density at radius 2 is 0.917 bits per heavy atom. The summed E-state index contributed by atoms with van der Waals surface area (Å²) in [7, 11) is 1.46. The molecule has 0 N–H and O–H groups in total. The van der Waals surface area contributed by atoms with Crippen molar-refractivity contribution >= 4 is 11.8 Å². The zero-order valence-electron chi connectivity index (χ0n) is 16.2. The number of ether oxygens (including phenoxy) is 1. The SMILES string of the molecule is CCC(=O)CCCCCCCCCCCCCCCCC(=O)OC. The van der Waals surface area contributed by atoms with Gasteiger partial charge in [-0.25, -0.2) is 0 Å². The van der Waals surface area contributed by atoms with Crippen LogP contribution in [0, 0.1) is 0 Å². The molecular weight excluding hydrogens is 300 g/mol. The Morgan fingerprint density at radius 1 is 0.583 bits per heavy atom. The maximum absolute atomic E-state index is 11.2. The highest BCUT2D eigenvalue weighted by atomic mass is 16.5. The van der Waals surface area contributed by atoms with E-state index in [9.17, 15) is 9.59 Å². The maximum Gasteiger partial charge on any atom is 0.305 e. The minimum absolute atomic E-state index is 0.0792. The molecule has 0 aliphatic carbocycles. The molecule has 0 aromatic rings. The molecule has 0 saturated carbocycles. The average molecular weight is 341 g/mol. The number of carbonyl (C=O) groups excluding carboxylic acids is 2. The Labute approximate surface area is 149 Å². The predicted octanol–water partition coefficient (Wildman–Crippen LogP) is 6.38. The molecule has 0 bridgehead atoms. The molecule has 0 aliphatic rings. The highest BCUT2D eigenvalue weighted by Gasteiger charge is 1.99. The van der Waals surface area contributed by atoms with Gasteiger partial charge in [0.05, 0.1) is 7.11 Å². The van der Waals surface area contributed by atoms with Gasteiger partial charge in [0.15, 0.2) is 0 Å². The molecule has 0 saturated heterocycles. The minimum Gasteiger partial charge on any atom is -0.469 e. The van der Waals surface area contributed by atoms with Gasteiger partial charge in [0.2, 0.25) is 0 Å². The lowest BCUT2D eigenvalue weighted by atomic mass is 10.0. The summed E-state index contributed by atoms with van der Waals surface area (Å²) in [6.45, 7) is 1.95. The summed E-state index contributed by atoms with van der Waals surface area (Å²) in [6.07, 6.45) is 19.8. The van der Waals surface area contributed by atoms with Gasteiger partial charge in [0.25, 0.3) is 0 Å². The van der Waals surface area contributed by atoms with Crippen LogP contribution in [0.15, 0.2) is 0 Å². The van der Waals surface area contributed by atoms with Crippen molar-refractivity contribution in [1.82, 2.24) is 0 Å². The molecule has 0 rings (SSSR count). The van der Waals surface area contributed by atoms with Crippen LogP contribution in [0.2, 0.25) is 0 Å². The van der Waals surface area contributed by atoms with Crippen LogP contribution in [0.3, 0.4) is 0 Å². The van der Waals surface area contributed by atoms with Gasteiger partial charge in [0.1, 0.15) is 5.78 Å². The molecule has 0 atom stereocenters. The molecule has 3 nitrogen and oxygen atoms in total. The van der Waals surface area contributed by atoms with Gasteiger partial charge in [-0.1, -0.05) is 84.0 Å². The minimum atomic E-state index is -0.0792. The van der Waals surface area contributed by atoms with Crippen LogP contribution in [0.25, 0.3) is 0 Å². The Hall–Kier alpha value is -0.860. The summed E-state index contributed by atoms with van der Waals surface area (Å²) >= 11 is 0. The normalized spacial score (nSPS) is 10.8. The summed E-state index contributed by atoms with van der Waals surface area (Å²) in [5.74, 6) is 0.336. The van der Waals surface area contributed by atoms with Crippen molar-refractivity contribution in [2.45, 2.75) is 116 Å². The van der Waals surface area contributed by atoms with E-state index in [-0.39, 0.29) is 5.97 Å². The van der Waals surface area contributed by atoms with E-state index in [0.717, 1.165) is 25.7 Å². The van der Waals surface area contributed by atoms with Crippen molar-refractivity contribution in [2.24, 2.45) is 0 Å². The lowest BCUT2D eigenvalue weighted by Gasteiger charge is -2.03. The van der Waals surface area contributed by atoms with Crippen LogP contribution in [-0.4, -0.2) is 18.9 Å². The van der Waals surface area contributed by atoms with Crippen LogP contribution in [-0.2, 0) is 14.3 Å². The Balaban J connectivity index is 3.05. The quantitative estimate of drug-likeness (QED) is 0.215. The molecule has 0 unspecified atom stereocenters. The molecule has 0 heterocycles. The number of rotatable bonds is 18. The van der Waals surface area contributed by atoms with Gasteiger partial charge in [-0.3, -0.25) is 9.59 Å². The fourth-order valence-electron chi connectivity index (χ4n) is 2.99. The first kappa shape index (κ1) is 23.1. The van der Waals surface area contributed by atoms with E-state index >= 15 is 0 Å². The highest BCUT2D eigenvalue weighted by Crippen LogP contribution is 2.14. The number of methoxy groups -OCH3 is 1. The molecule has 0 fully saturated rings. The van der Waals surface area contributed by atoms with Crippen molar-refractivity contribution in [3.63, 3.8) is 0 Å². The van der Waals surface area contributed by atoms with Gasteiger partial charge in [-0.15, -0.1) is 0 Å². The van der Waals surface area contributed by atoms with Gasteiger partial charge >= 0.3 is 5.97 Å². The fourth-order valence-corrected chi connectivity index (χ4v) is 2.99. The van der Waals surface area contributed by atoms with Crippen LogP contribution >= 0.6 is 0 Å². The van der Waals surface area contributed by atoms with E-state index in [2.05, 4.69) is 4.74 Å². The third-order valence-corrected chi connectivity index (χ3v) is 4.71. The van der Waals surface area contributed by atoms with Crippen molar-refractivity contribution in [3.05, 3.63) is 0 Å². The second kappa shape index (κ2) is 18.5. The third-order valence-electron chi connectivity index (χ3n) is 4.71. The molecule has 0 spiro atoms. The van der Waals surface area contributed by atoms with Crippen LogP contribution in [0.1, 0.15) is 116 Å². The molecule has 24 heavy (non-hydrogen) atoms. The lowest BCUT2D eigenvalue weighted by molar-refractivity contribution is -0.140. The number of carbonyl (C=O) groups is 2. The highest BCUT2D eigenvalue weighted by molar-refractivity contribution is 5.77. The van der Waals surface area contributed by atoms with Crippen LogP contribution < -0.4 is 0 Å². The van der Waals surface area contributed by atoms with E-state index in [1.54, 1.807) is 0 Å². The van der Waals surface area contributed by atoms with Crippen molar-refractivity contribution in [2.75, 3.05) is 7.11 Å². The molecular formula is C21H40O3. The number of esters is 1. The van der Waals surface area contributed by atoms with Crippen molar-refractivity contribution < 1.29 is 14.3 Å². The first-order valence-corrected chi connectivity index (χ1v) is 10.3. The van der Waals surface area contributed by atoms with E-state index in [1.165, 1.54) is 77.7 Å². The Kier molecular flexibility index (Phi) is 17.8. The molecule has 142 valence electrons. The average Bonchev–Trinajstić information content (AvgIpc) is 2.60. The molecule has 0 radical (unpaired) electrons. The van der Waals surface area contributed by atoms with Gasteiger partial charge in [-0.05, 0) is 12.8 Å². The smallest absolute Gasteiger partial charge is 0.305 e. The molecule has 3 heteroatoms. The number of hydrogen-bond acceptors (Lipinski definition) is 3. The van der Waals surface area contributed by atoms with E-state index < -0.39 is 0 Å². The van der Waals surface area contributed by atoms with Gasteiger partial charge in [0, 0.05) is 19.3 Å². The monoisotopic (exact) mass is 340 g/mol. The summed E-state index contributed by atoms with van der Waals surface area (Å²) < 4.78 is 4.63. The second-order valence-corrected chi connectivity index (χ2v) is 6.92. The Morgan fingerprint density at radius 3 is 1.25 bits per heavy atom. The van der Waals surface area contributed by atoms with Crippen molar-refractivity contribution in [3.8, 4) is 0 Å². The van der Waals surface area contributed by atoms with E-state index in [4.69, 9.17) is 0 Å². The van der Waals surface area contributed by atoms with Crippen molar-refractivity contribution in [1.29, 1.82) is 0 Å². The summed E-state index contributed by atoms with van der Waals surface area (Å²) in [5, 5.41) is 0. The van der Waals surface area contributed by atoms with E-state index in [0.29, 0.717) is 18.6 Å². The fraction of sp³-hybridized carbons (Fsp3) is 0.905. The molecule has 0 amide bonds. The lowest BCUT2D eigenvalue weighted by Crippen LogP contribution is -1.99. The summed E-state index contributed by atoms with van der Waals surface area (Å²) in [4.78, 5) is 22.1. The topological polar surface area (TPSA) is 43.4 Å². The zero-order valence-corrected chi connectivity index (χ0v) is 16.2. The van der Waals surface area contributed by atoms with E-state index in [1.807, 2.05) is 6.92 Å². The van der Waals surface area contributed by atoms with Gasteiger partial charge < -0.3 is 4.74 Å².